The molecule has 2 heteroatoms. The lowest BCUT2D eigenvalue weighted by Crippen LogP contribution is -2.38. The minimum Gasteiger partial charge on any atom is -0.412 e. The number of unbranched alkanes of at least 4 members (excludes halogenated alkanes) is 1. The van der Waals surface area contributed by atoms with Crippen molar-refractivity contribution in [2.45, 2.75) is 83.5 Å². The minimum absolute atomic E-state index is 0.338. The molecule has 2 atom stereocenters. The zero-order valence-corrected chi connectivity index (χ0v) is 12.6. The monoisotopic (exact) mass is 240 g/mol. The maximum Gasteiger partial charge on any atom is 0.184 e. The Kier molecular flexibility index (Phi) is 3.26. The Hall–Kier alpha value is 0.177. The summed E-state index contributed by atoms with van der Waals surface area (Å²) in [5.74, 6) is 0. The van der Waals surface area contributed by atoms with Gasteiger partial charge in [0.15, 0.2) is 8.32 Å². The molecular weight excluding hydrogens is 212 g/mol. The summed E-state index contributed by atoms with van der Waals surface area (Å²) in [5, 5.41) is 0. The first-order chi connectivity index (χ1) is 7.43. The molecule has 0 saturated heterocycles. The van der Waals surface area contributed by atoms with Crippen LogP contribution >= 0.6 is 0 Å². The molecule has 0 heterocycles. The van der Waals surface area contributed by atoms with Crippen molar-refractivity contribution in [3.63, 3.8) is 0 Å². The van der Waals surface area contributed by atoms with Gasteiger partial charge in [0.25, 0.3) is 0 Å². The molecule has 0 N–H and O–H groups in total. The summed E-state index contributed by atoms with van der Waals surface area (Å²) in [7, 11) is -1.36. The highest BCUT2D eigenvalue weighted by Crippen LogP contribution is 2.69. The fraction of sp³-hybridized carbons (Fsp3) is 1.00. The molecule has 0 amide bonds. The van der Waals surface area contributed by atoms with E-state index in [0.29, 0.717) is 11.0 Å². The average Bonchev–Trinajstić information content (AvgIpc) is 2.80. The second-order valence-corrected chi connectivity index (χ2v) is 11.4. The van der Waals surface area contributed by atoms with E-state index in [-0.39, 0.29) is 0 Å². The number of hydrogen-bond donors (Lipinski definition) is 0. The predicted molar refractivity (Wildman–Crippen MR) is 72.2 cm³/mol. The van der Waals surface area contributed by atoms with Gasteiger partial charge in [-0.15, -0.1) is 0 Å². The van der Waals surface area contributed by atoms with Crippen LogP contribution in [0.4, 0.5) is 0 Å². The van der Waals surface area contributed by atoms with E-state index in [1.54, 1.807) is 0 Å². The average molecular weight is 240 g/mol. The molecule has 2 aliphatic carbocycles. The molecule has 0 bridgehead atoms. The molecule has 16 heavy (non-hydrogen) atoms. The lowest BCUT2D eigenvalue weighted by molar-refractivity contribution is 0.0747. The van der Waals surface area contributed by atoms with Gasteiger partial charge in [0, 0.05) is 5.41 Å². The van der Waals surface area contributed by atoms with Crippen LogP contribution in [0, 0.1) is 5.41 Å². The van der Waals surface area contributed by atoms with E-state index in [1.807, 2.05) is 0 Å². The van der Waals surface area contributed by atoms with Gasteiger partial charge in [-0.1, -0.05) is 32.6 Å². The third-order valence-corrected chi connectivity index (χ3v) is 5.46. The Morgan fingerprint density at radius 3 is 2.44 bits per heavy atom. The third kappa shape index (κ3) is 2.24. The van der Waals surface area contributed by atoms with Gasteiger partial charge in [-0.05, 0) is 45.3 Å². The summed E-state index contributed by atoms with van der Waals surface area (Å²) in [6.45, 7) is 9.35. The molecule has 0 aromatic rings. The van der Waals surface area contributed by atoms with Crippen molar-refractivity contribution in [1.82, 2.24) is 0 Å². The van der Waals surface area contributed by atoms with Gasteiger partial charge in [0.1, 0.15) is 0 Å². The fourth-order valence-corrected chi connectivity index (χ4v) is 5.35. The van der Waals surface area contributed by atoms with Crippen molar-refractivity contribution in [1.29, 1.82) is 0 Å². The van der Waals surface area contributed by atoms with Gasteiger partial charge in [0.05, 0.1) is 5.60 Å². The zero-order valence-electron chi connectivity index (χ0n) is 11.6. The standard InChI is InChI=1S/C14H28OSi/c1-5-6-9-13-10-7-8-11-14(13,12-13)15-16(2,3)4/h5-12H2,1-4H3. The Balaban J connectivity index is 2.03. The second kappa shape index (κ2) is 4.13. The van der Waals surface area contributed by atoms with Gasteiger partial charge in [-0.25, -0.2) is 0 Å². The Labute approximate surface area is 102 Å². The Morgan fingerprint density at radius 2 is 1.81 bits per heavy atom. The molecule has 94 valence electrons. The van der Waals surface area contributed by atoms with Gasteiger partial charge >= 0.3 is 0 Å². The lowest BCUT2D eigenvalue weighted by atomic mass is 9.83. The smallest absolute Gasteiger partial charge is 0.184 e. The molecule has 0 radical (unpaired) electrons. The van der Waals surface area contributed by atoms with Crippen LogP contribution in [0.3, 0.4) is 0 Å². The van der Waals surface area contributed by atoms with E-state index in [2.05, 4.69) is 26.6 Å². The predicted octanol–water partition coefficient (Wildman–Crippen LogP) is 4.73. The highest BCUT2D eigenvalue weighted by atomic mass is 28.4. The minimum atomic E-state index is -1.36. The maximum absolute atomic E-state index is 6.58. The second-order valence-electron chi connectivity index (χ2n) is 6.98. The van der Waals surface area contributed by atoms with Crippen molar-refractivity contribution < 1.29 is 4.43 Å². The van der Waals surface area contributed by atoms with Crippen LogP contribution in [0.1, 0.15) is 58.3 Å². The molecule has 2 rings (SSSR count). The van der Waals surface area contributed by atoms with Crippen molar-refractivity contribution in [2.24, 2.45) is 5.41 Å². The first-order valence-corrected chi connectivity index (χ1v) is 10.5. The molecular formula is C14H28OSi. The molecule has 0 aromatic heterocycles. The van der Waals surface area contributed by atoms with Crippen LogP contribution in [0.15, 0.2) is 0 Å². The third-order valence-electron chi connectivity index (χ3n) is 4.46. The van der Waals surface area contributed by atoms with Crippen LogP contribution in [-0.2, 0) is 4.43 Å². The zero-order chi connectivity index (χ0) is 11.9. The molecule has 2 fully saturated rings. The van der Waals surface area contributed by atoms with E-state index in [1.165, 1.54) is 51.4 Å². The molecule has 0 aliphatic heterocycles. The van der Waals surface area contributed by atoms with Crippen molar-refractivity contribution in [3.8, 4) is 0 Å². The molecule has 2 aliphatic rings. The molecule has 2 saturated carbocycles. The topological polar surface area (TPSA) is 9.23 Å². The summed E-state index contributed by atoms with van der Waals surface area (Å²) < 4.78 is 6.58. The molecule has 2 unspecified atom stereocenters. The first-order valence-electron chi connectivity index (χ1n) is 7.13. The largest absolute Gasteiger partial charge is 0.412 e. The highest BCUT2D eigenvalue weighted by molar-refractivity contribution is 6.69. The highest BCUT2D eigenvalue weighted by Gasteiger charge is 2.68. The Bertz CT molecular complexity index is 258. The molecule has 0 aromatic carbocycles. The van der Waals surface area contributed by atoms with Crippen LogP contribution < -0.4 is 0 Å². The first kappa shape index (κ1) is 12.6. The van der Waals surface area contributed by atoms with Crippen LogP contribution in [0.25, 0.3) is 0 Å². The Morgan fingerprint density at radius 1 is 1.12 bits per heavy atom. The van der Waals surface area contributed by atoms with Crippen molar-refractivity contribution >= 4 is 8.32 Å². The molecule has 0 spiro atoms. The number of fused-ring (bicyclic) bond motifs is 1. The summed E-state index contributed by atoms with van der Waals surface area (Å²) >= 11 is 0. The quantitative estimate of drug-likeness (QED) is 0.631. The molecule has 1 nitrogen and oxygen atoms in total. The van der Waals surface area contributed by atoms with Gasteiger partial charge in [0.2, 0.25) is 0 Å². The van der Waals surface area contributed by atoms with Gasteiger partial charge in [-0.3, -0.25) is 0 Å². The van der Waals surface area contributed by atoms with E-state index < -0.39 is 8.32 Å². The van der Waals surface area contributed by atoms with E-state index in [9.17, 15) is 0 Å². The maximum atomic E-state index is 6.58. The summed E-state index contributed by atoms with van der Waals surface area (Å²) in [6, 6.07) is 0. The fourth-order valence-electron chi connectivity index (χ4n) is 3.78. The lowest BCUT2D eigenvalue weighted by Gasteiger charge is -2.35. The van der Waals surface area contributed by atoms with E-state index in [4.69, 9.17) is 4.43 Å². The summed E-state index contributed by atoms with van der Waals surface area (Å²) in [5.41, 5.74) is 0.951. The van der Waals surface area contributed by atoms with Crippen molar-refractivity contribution in [3.05, 3.63) is 0 Å². The summed E-state index contributed by atoms with van der Waals surface area (Å²) in [4.78, 5) is 0. The number of rotatable bonds is 5. The van der Waals surface area contributed by atoms with Crippen LogP contribution in [0.5, 0.6) is 0 Å². The van der Waals surface area contributed by atoms with Gasteiger partial charge < -0.3 is 4.43 Å². The normalized spacial score (nSPS) is 38.2. The van der Waals surface area contributed by atoms with E-state index in [0.717, 1.165) is 0 Å². The SMILES string of the molecule is CCCCC12CCCCC1(O[Si](C)(C)C)C2. The van der Waals surface area contributed by atoms with Crippen molar-refractivity contribution in [2.75, 3.05) is 0 Å². The summed E-state index contributed by atoms with van der Waals surface area (Å²) in [6.07, 6.45) is 11.2. The van der Waals surface area contributed by atoms with E-state index >= 15 is 0 Å². The number of hydrogen-bond acceptors (Lipinski definition) is 1. The van der Waals surface area contributed by atoms with Crippen LogP contribution in [-0.4, -0.2) is 13.9 Å². The van der Waals surface area contributed by atoms with Crippen LogP contribution in [0.2, 0.25) is 19.6 Å². The van der Waals surface area contributed by atoms with Gasteiger partial charge in [-0.2, -0.15) is 0 Å².